The van der Waals surface area contributed by atoms with Crippen molar-refractivity contribution in [1.82, 2.24) is 20.2 Å². The van der Waals surface area contributed by atoms with E-state index in [1.54, 1.807) is 20.0 Å². The number of ether oxygens (including phenoxy) is 3. The molecule has 12 nitrogen and oxygen atoms in total. The fourth-order valence-corrected chi connectivity index (χ4v) is 8.30. The van der Waals surface area contributed by atoms with Crippen molar-refractivity contribution < 1.29 is 38.1 Å². The molecule has 12 heteroatoms. The van der Waals surface area contributed by atoms with Crippen LogP contribution < -0.4 is 19.5 Å². The molecule has 1 aliphatic carbocycles. The standard InChI is InChI=1S/C46H48N4O8/c1-26-27(2)47-17-16-37(26)32-14-12-30(13-15-32)18-38(46(53)54)49-44(51)39-20-34-21-40-41(22-35(34)23-50(39)45(52)43-28(3)57-29(4)48-43)58-42(25-56-40)33-10-7-11-36(19-33)55-24-31-8-5-6-9-31/h7,10-17,19,21-22,31,38-39,42H,5-6,8-9,18,20,23-25H2,1-4H3,(H,49,51)(H,53,54)/t38?,39-,42+/m0/s1. The quantitative estimate of drug-likeness (QED) is 0.138. The van der Waals surface area contributed by atoms with E-state index in [4.69, 9.17) is 18.6 Å². The lowest BCUT2D eigenvalue weighted by molar-refractivity contribution is -0.142. The molecule has 0 bridgehead atoms. The number of oxazole rings is 1. The number of benzene rings is 3. The van der Waals surface area contributed by atoms with Crippen molar-refractivity contribution in [1.29, 1.82) is 0 Å². The Labute approximate surface area is 337 Å². The number of rotatable bonds is 11. The third-order valence-corrected chi connectivity index (χ3v) is 11.7. The zero-order chi connectivity index (χ0) is 40.5. The minimum Gasteiger partial charge on any atom is -0.493 e. The number of carbonyl (C=O) groups is 3. The zero-order valence-corrected chi connectivity index (χ0v) is 33.2. The summed E-state index contributed by atoms with van der Waals surface area (Å²) in [5, 5.41) is 13.0. The van der Waals surface area contributed by atoms with Crippen LogP contribution in [0.4, 0.5) is 0 Å². The highest BCUT2D eigenvalue weighted by Gasteiger charge is 2.39. The van der Waals surface area contributed by atoms with Crippen molar-refractivity contribution in [3.05, 3.63) is 124 Å². The number of aliphatic carboxylic acids is 1. The van der Waals surface area contributed by atoms with Crippen LogP contribution in [0.3, 0.4) is 0 Å². The lowest BCUT2D eigenvalue weighted by atomic mass is 9.91. The van der Waals surface area contributed by atoms with Gasteiger partial charge in [0.1, 0.15) is 30.2 Å². The number of aryl methyl sites for hydroxylation is 3. The first-order valence-corrected chi connectivity index (χ1v) is 20.0. The maximum atomic E-state index is 14.2. The molecule has 2 aromatic heterocycles. The molecule has 58 heavy (non-hydrogen) atoms. The predicted octanol–water partition coefficient (Wildman–Crippen LogP) is 7.43. The summed E-state index contributed by atoms with van der Waals surface area (Å²) < 4.78 is 24.5. The van der Waals surface area contributed by atoms with Crippen molar-refractivity contribution in [3.63, 3.8) is 0 Å². The first-order valence-electron chi connectivity index (χ1n) is 20.0. The SMILES string of the molecule is Cc1nc(C(=O)N2Cc3cc4c(cc3C[C@H]2C(=O)NC(Cc2ccc(-c3ccnc(C)c3C)cc2)C(=O)O)OC[C@H](c2cccc(OCC3CCCC3)c2)O4)c(C)o1. The molecule has 5 aromatic rings. The Morgan fingerprint density at radius 2 is 1.74 bits per heavy atom. The molecule has 1 fully saturated rings. The highest BCUT2D eigenvalue weighted by Crippen LogP contribution is 2.41. The number of fused-ring (bicyclic) bond motifs is 2. The Hall–Kier alpha value is -6.17. The van der Waals surface area contributed by atoms with Crippen LogP contribution in [-0.2, 0) is 29.0 Å². The number of aromatic nitrogens is 2. The third-order valence-electron chi connectivity index (χ3n) is 11.7. The lowest BCUT2D eigenvalue weighted by Gasteiger charge is -2.37. The predicted molar refractivity (Wildman–Crippen MR) is 215 cm³/mol. The molecule has 2 N–H and O–H groups in total. The highest BCUT2D eigenvalue weighted by molar-refractivity contribution is 5.98. The molecule has 8 rings (SSSR count). The third kappa shape index (κ3) is 8.14. The van der Waals surface area contributed by atoms with E-state index in [1.807, 2.05) is 80.6 Å². The normalized spacial score (nSPS) is 18.0. The highest BCUT2D eigenvalue weighted by atomic mass is 16.6. The van der Waals surface area contributed by atoms with Crippen LogP contribution in [0.25, 0.3) is 11.1 Å². The van der Waals surface area contributed by atoms with Gasteiger partial charge >= 0.3 is 5.97 Å². The molecule has 3 aliphatic rings. The van der Waals surface area contributed by atoms with Crippen molar-refractivity contribution in [2.24, 2.45) is 5.92 Å². The van der Waals surface area contributed by atoms with Crippen LogP contribution in [-0.4, -0.2) is 63.1 Å². The summed E-state index contributed by atoms with van der Waals surface area (Å²) in [6.07, 6.45) is 6.49. The second kappa shape index (κ2) is 16.4. The molecule has 3 atom stereocenters. The second-order valence-electron chi connectivity index (χ2n) is 15.7. The Bertz CT molecular complexity index is 2350. The fraction of sp³-hybridized carbons (Fsp3) is 0.370. The lowest BCUT2D eigenvalue weighted by Crippen LogP contribution is -2.56. The molecule has 1 saturated carbocycles. The van der Waals surface area contributed by atoms with Crippen LogP contribution in [0.5, 0.6) is 17.2 Å². The second-order valence-corrected chi connectivity index (χ2v) is 15.7. The number of carboxylic acid groups (broad SMARTS) is 1. The average molecular weight is 785 g/mol. The summed E-state index contributed by atoms with van der Waals surface area (Å²) in [5.41, 5.74) is 7.38. The number of hydrogen-bond donors (Lipinski definition) is 2. The van der Waals surface area contributed by atoms with Gasteiger partial charge in [0.25, 0.3) is 5.91 Å². The van der Waals surface area contributed by atoms with Gasteiger partial charge in [0, 0.05) is 38.2 Å². The largest absolute Gasteiger partial charge is 0.493 e. The maximum Gasteiger partial charge on any atom is 0.326 e. The number of carboxylic acids is 1. The van der Waals surface area contributed by atoms with E-state index in [2.05, 4.69) is 15.3 Å². The minimum absolute atomic E-state index is 0.0456. The van der Waals surface area contributed by atoms with Gasteiger partial charge in [0.2, 0.25) is 5.91 Å². The molecule has 0 saturated heterocycles. The molecule has 0 radical (unpaired) electrons. The molecule has 1 unspecified atom stereocenters. The Morgan fingerprint density at radius 1 is 0.966 bits per heavy atom. The van der Waals surface area contributed by atoms with Gasteiger partial charge in [-0.3, -0.25) is 14.6 Å². The van der Waals surface area contributed by atoms with E-state index >= 15 is 0 Å². The van der Waals surface area contributed by atoms with Crippen LogP contribution in [0.2, 0.25) is 0 Å². The fourth-order valence-electron chi connectivity index (χ4n) is 8.30. The minimum atomic E-state index is -1.25. The number of pyridine rings is 1. The van der Waals surface area contributed by atoms with Crippen molar-refractivity contribution in [2.75, 3.05) is 13.2 Å². The first-order chi connectivity index (χ1) is 28.0. The Kier molecular flexibility index (Phi) is 10.9. The van der Waals surface area contributed by atoms with E-state index in [0.29, 0.717) is 35.7 Å². The van der Waals surface area contributed by atoms with E-state index in [0.717, 1.165) is 50.4 Å². The topological polar surface area (TPSA) is 153 Å². The summed E-state index contributed by atoms with van der Waals surface area (Å²) in [4.78, 5) is 51.1. The summed E-state index contributed by atoms with van der Waals surface area (Å²) in [6.45, 7) is 8.32. The van der Waals surface area contributed by atoms with Gasteiger partial charge in [-0.25, -0.2) is 9.78 Å². The molecule has 3 aromatic carbocycles. The van der Waals surface area contributed by atoms with Gasteiger partial charge in [-0.05, 0) is 109 Å². The van der Waals surface area contributed by atoms with Crippen LogP contribution in [0.1, 0.15) is 87.4 Å². The van der Waals surface area contributed by atoms with E-state index < -0.39 is 29.9 Å². The van der Waals surface area contributed by atoms with Gasteiger partial charge in [-0.2, -0.15) is 0 Å². The molecule has 2 aliphatic heterocycles. The number of nitrogens with one attached hydrogen (secondary N) is 1. The Morgan fingerprint density at radius 3 is 2.48 bits per heavy atom. The van der Waals surface area contributed by atoms with Gasteiger partial charge in [-0.1, -0.05) is 49.2 Å². The Balaban J connectivity index is 1.01. The zero-order valence-electron chi connectivity index (χ0n) is 33.2. The molecule has 300 valence electrons. The van der Waals surface area contributed by atoms with Crippen LogP contribution >= 0.6 is 0 Å². The van der Waals surface area contributed by atoms with E-state index in [-0.39, 0.29) is 37.8 Å². The van der Waals surface area contributed by atoms with E-state index in [1.165, 1.54) is 30.6 Å². The summed E-state index contributed by atoms with van der Waals surface area (Å²) in [7, 11) is 0. The molecular weight excluding hydrogens is 737 g/mol. The molecular formula is C46H48N4O8. The number of hydrogen-bond acceptors (Lipinski definition) is 9. The van der Waals surface area contributed by atoms with Crippen LogP contribution in [0.15, 0.2) is 77.3 Å². The number of nitrogens with zero attached hydrogens (tertiary/aromatic N) is 3. The smallest absolute Gasteiger partial charge is 0.326 e. The van der Waals surface area contributed by atoms with Gasteiger partial charge < -0.3 is 34.0 Å². The first kappa shape index (κ1) is 38.7. The monoisotopic (exact) mass is 784 g/mol. The average Bonchev–Trinajstić information content (AvgIpc) is 3.88. The molecule has 2 amide bonds. The number of carbonyl (C=O) groups excluding carboxylic acids is 2. The number of amides is 2. The summed E-state index contributed by atoms with van der Waals surface area (Å²) in [6, 6.07) is 18.9. The maximum absolute atomic E-state index is 14.2. The van der Waals surface area contributed by atoms with Gasteiger partial charge in [0.15, 0.2) is 29.2 Å². The van der Waals surface area contributed by atoms with Crippen LogP contribution in [0, 0.1) is 33.6 Å². The molecule has 0 spiro atoms. The van der Waals surface area contributed by atoms with Gasteiger partial charge in [0.05, 0.1) is 6.61 Å². The van der Waals surface area contributed by atoms with Crippen molar-refractivity contribution in [2.45, 2.75) is 91.0 Å². The van der Waals surface area contributed by atoms with Crippen molar-refractivity contribution in [3.8, 4) is 28.4 Å². The van der Waals surface area contributed by atoms with E-state index in [9.17, 15) is 19.5 Å². The molecule has 4 heterocycles. The van der Waals surface area contributed by atoms with Crippen molar-refractivity contribution >= 4 is 17.8 Å². The summed E-state index contributed by atoms with van der Waals surface area (Å²) in [5.74, 6) is 0.849. The summed E-state index contributed by atoms with van der Waals surface area (Å²) >= 11 is 0. The van der Waals surface area contributed by atoms with Gasteiger partial charge in [-0.15, -0.1) is 0 Å².